The van der Waals surface area contributed by atoms with Crippen molar-refractivity contribution < 1.29 is 9.53 Å². The lowest BCUT2D eigenvalue weighted by molar-refractivity contribution is 0.100. The van der Waals surface area contributed by atoms with Crippen LogP contribution in [0.1, 0.15) is 23.7 Å². The molecule has 0 unspecified atom stereocenters. The lowest BCUT2D eigenvalue weighted by Crippen LogP contribution is -2.11. The molecule has 2 N–H and O–H groups in total. The topological polar surface area (TPSA) is 65.2 Å². The van der Waals surface area contributed by atoms with Crippen LogP contribution in [0.15, 0.2) is 30.5 Å². The van der Waals surface area contributed by atoms with Crippen molar-refractivity contribution in [1.29, 1.82) is 0 Å². The van der Waals surface area contributed by atoms with E-state index in [1.165, 1.54) is 0 Å². The van der Waals surface area contributed by atoms with Gasteiger partial charge in [0.05, 0.1) is 17.7 Å². The smallest absolute Gasteiger partial charge is 0.249 e. The van der Waals surface area contributed by atoms with Crippen LogP contribution in [-0.4, -0.2) is 17.5 Å². The van der Waals surface area contributed by atoms with Crippen LogP contribution < -0.4 is 10.5 Å². The number of aromatic nitrogens is 1. The second-order valence-corrected chi connectivity index (χ2v) is 3.75. The van der Waals surface area contributed by atoms with Crippen LogP contribution in [0.2, 0.25) is 0 Å². The Hall–Kier alpha value is -2.10. The minimum Gasteiger partial charge on any atom is -0.494 e. The third kappa shape index (κ3) is 2.36. The predicted octanol–water partition coefficient (Wildman–Crippen LogP) is 2.12. The van der Waals surface area contributed by atoms with Crippen LogP contribution in [0.25, 0.3) is 10.9 Å². The molecule has 0 spiro atoms. The average Bonchev–Trinajstić information content (AvgIpc) is 2.35. The first-order valence-corrected chi connectivity index (χ1v) is 5.53. The Labute approximate surface area is 99.4 Å². The zero-order chi connectivity index (χ0) is 12.3. The Balaban J connectivity index is 2.50. The third-order valence-electron chi connectivity index (χ3n) is 2.45. The van der Waals surface area contributed by atoms with Gasteiger partial charge in [-0.05, 0) is 30.7 Å². The molecule has 0 saturated carbocycles. The van der Waals surface area contributed by atoms with E-state index in [4.69, 9.17) is 10.5 Å². The fraction of sp³-hybridized carbons (Fsp3) is 0.231. The van der Waals surface area contributed by atoms with Crippen LogP contribution in [0.5, 0.6) is 5.75 Å². The summed E-state index contributed by atoms with van der Waals surface area (Å²) < 4.78 is 5.52. The number of hydrogen-bond acceptors (Lipinski definition) is 3. The van der Waals surface area contributed by atoms with Gasteiger partial charge in [-0.1, -0.05) is 6.92 Å². The number of nitrogens with two attached hydrogens (primary N) is 1. The van der Waals surface area contributed by atoms with Gasteiger partial charge in [-0.3, -0.25) is 9.78 Å². The van der Waals surface area contributed by atoms with E-state index >= 15 is 0 Å². The summed E-state index contributed by atoms with van der Waals surface area (Å²) in [4.78, 5) is 15.5. The lowest BCUT2D eigenvalue weighted by Gasteiger charge is -2.07. The van der Waals surface area contributed by atoms with Gasteiger partial charge in [0, 0.05) is 11.6 Å². The van der Waals surface area contributed by atoms with Crippen molar-refractivity contribution in [3.63, 3.8) is 0 Å². The molecule has 1 aromatic heterocycles. The highest BCUT2D eigenvalue weighted by atomic mass is 16.5. The summed E-state index contributed by atoms with van der Waals surface area (Å²) in [6.07, 6.45) is 2.52. The van der Waals surface area contributed by atoms with Crippen molar-refractivity contribution in [3.05, 3.63) is 36.0 Å². The summed E-state index contributed by atoms with van der Waals surface area (Å²) in [7, 11) is 0. The van der Waals surface area contributed by atoms with Crippen molar-refractivity contribution in [3.8, 4) is 5.75 Å². The molecule has 0 saturated heterocycles. The van der Waals surface area contributed by atoms with E-state index in [0.717, 1.165) is 23.1 Å². The molecule has 0 aliphatic carbocycles. The number of carbonyl (C=O) groups is 1. The number of carbonyl (C=O) groups excluding carboxylic acids is 1. The van der Waals surface area contributed by atoms with Gasteiger partial charge in [0.25, 0.3) is 0 Å². The standard InChI is InChI=1S/C13H14N2O2/c1-2-7-17-9-3-4-12-11(8-9)10(13(14)16)5-6-15-12/h3-6,8H,2,7H2,1H3,(H2,14,16). The molecule has 0 aliphatic rings. The van der Waals surface area contributed by atoms with Gasteiger partial charge in [-0.15, -0.1) is 0 Å². The quantitative estimate of drug-likeness (QED) is 0.874. The molecule has 2 rings (SSSR count). The maximum Gasteiger partial charge on any atom is 0.249 e. The molecule has 1 heterocycles. The Morgan fingerprint density at radius 3 is 2.94 bits per heavy atom. The van der Waals surface area contributed by atoms with Gasteiger partial charge in [0.2, 0.25) is 5.91 Å². The second kappa shape index (κ2) is 4.82. The molecular weight excluding hydrogens is 216 g/mol. The zero-order valence-electron chi connectivity index (χ0n) is 9.64. The van der Waals surface area contributed by atoms with Crippen LogP contribution in [0, 0.1) is 0 Å². The second-order valence-electron chi connectivity index (χ2n) is 3.75. The summed E-state index contributed by atoms with van der Waals surface area (Å²) in [5.41, 5.74) is 6.53. The van der Waals surface area contributed by atoms with Gasteiger partial charge < -0.3 is 10.5 Å². The van der Waals surface area contributed by atoms with Crippen molar-refractivity contribution in [2.45, 2.75) is 13.3 Å². The van der Waals surface area contributed by atoms with Crippen LogP contribution >= 0.6 is 0 Å². The van der Waals surface area contributed by atoms with Crippen LogP contribution in [0.4, 0.5) is 0 Å². The van der Waals surface area contributed by atoms with E-state index in [9.17, 15) is 4.79 Å². The maximum absolute atomic E-state index is 11.3. The Morgan fingerprint density at radius 1 is 1.41 bits per heavy atom. The molecule has 4 heteroatoms. The molecule has 1 amide bonds. The molecule has 0 bridgehead atoms. The summed E-state index contributed by atoms with van der Waals surface area (Å²) in [5.74, 6) is 0.278. The highest BCUT2D eigenvalue weighted by molar-refractivity contribution is 6.05. The number of rotatable bonds is 4. The van der Waals surface area contributed by atoms with Crippen LogP contribution in [0.3, 0.4) is 0 Å². The number of nitrogens with zero attached hydrogens (tertiary/aromatic N) is 1. The monoisotopic (exact) mass is 230 g/mol. The Kier molecular flexibility index (Phi) is 3.23. The van der Waals surface area contributed by atoms with Crippen molar-refractivity contribution in [1.82, 2.24) is 4.98 Å². The first-order chi connectivity index (χ1) is 8.22. The normalized spacial score (nSPS) is 10.4. The molecule has 17 heavy (non-hydrogen) atoms. The van der Waals surface area contributed by atoms with Crippen molar-refractivity contribution in [2.75, 3.05) is 6.61 Å². The highest BCUT2D eigenvalue weighted by Crippen LogP contribution is 2.22. The summed E-state index contributed by atoms with van der Waals surface area (Å²) in [5, 5.41) is 0.730. The van der Waals surface area contributed by atoms with Crippen molar-refractivity contribution in [2.24, 2.45) is 5.73 Å². The third-order valence-corrected chi connectivity index (χ3v) is 2.45. The number of amides is 1. The van der Waals surface area contributed by atoms with Gasteiger partial charge in [-0.25, -0.2) is 0 Å². The predicted molar refractivity (Wildman–Crippen MR) is 66.0 cm³/mol. The minimum atomic E-state index is -0.454. The first-order valence-electron chi connectivity index (χ1n) is 5.53. The SMILES string of the molecule is CCCOc1ccc2nccc(C(N)=O)c2c1. The molecule has 0 radical (unpaired) electrons. The molecular formula is C13H14N2O2. The van der Waals surface area contributed by atoms with Gasteiger partial charge in [-0.2, -0.15) is 0 Å². The molecule has 0 fully saturated rings. The van der Waals surface area contributed by atoms with E-state index in [1.807, 2.05) is 19.1 Å². The van der Waals surface area contributed by atoms with Crippen LogP contribution in [-0.2, 0) is 0 Å². The van der Waals surface area contributed by atoms with Gasteiger partial charge >= 0.3 is 0 Å². The Morgan fingerprint density at radius 2 is 2.24 bits per heavy atom. The minimum absolute atomic E-state index is 0.454. The van der Waals surface area contributed by atoms with Gasteiger partial charge in [0.1, 0.15) is 5.75 Å². The average molecular weight is 230 g/mol. The molecule has 4 nitrogen and oxygen atoms in total. The summed E-state index contributed by atoms with van der Waals surface area (Å²) in [6, 6.07) is 7.09. The molecule has 2 aromatic rings. The summed E-state index contributed by atoms with van der Waals surface area (Å²) in [6.45, 7) is 2.69. The fourth-order valence-corrected chi connectivity index (χ4v) is 1.65. The number of primary amides is 1. The van der Waals surface area contributed by atoms with Crippen molar-refractivity contribution >= 4 is 16.8 Å². The number of pyridine rings is 1. The van der Waals surface area contributed by atoms with E-state index in [2.05, 4.69) is 4.98 Å². The summed E-state index contributed by atoms with van der Waals surface area (Å²) >= 11 is 0. The zero-order valence-corrected chi connectivity index (χ0v) is 9.64. The lowest BCUT2D eigenvalue weighted by atomic mass is 10.1. The Bertz CT molecular complexity index is 552. The largest absolute Gasteiger partial charge is 0.494 e. The number of fused-ring (bicyclic) bond motifs is 1. The van der Waals surface area contributed by atoms with Gasteiger partial charge in [0.15, 0.2) is 0 Å². The molecule has 1 aromatic carbocycles. The van der Waals surface area contributed by atoms with E-state index in [1.54, 1.807) is 18.3 Å². The highest BCUT2D eigenvalue weighted by Gasteiger charge is 2.07. The maximum atomic E-state index is 11.3. The number of benzene rings is 1. The molecule has 88 valence electrons. The number of ether oxygens (including phenoxy) is 1. The fourth-order valence-electron chi connectivity index (χ4n) is 1.65. The molecule has 0 aliphatic heterocycles. The number of hydrogen-bond donors (Lipinski definition) is 1. The first kappa shape index (κ1) is 11.4. The van der Waals surface area contributed by atoms with E-state index in [0.29, 0.717) is 12.2 Å². The van der Waals surface area contributed by atoms with E-state index < -0.39 is 5.91 Å². The van der Waals surface area contributed by atoms with E-state index in [-0.39, 0.29) is 0 Å². The molecule has 0 atom stereocenters.